The van der Waals surface area contributed by atoms with Crippen LogP contribution in [0.5, 0.6) is 0 Å². The van der Waals surface area contributed by atoms with E-state index in [4.69, 9.17) is 39.8 Å². The molecule has 0 aliphatic rings. The lowest BCUT2D eigenvalue weighted by Crippen LogP contribution is -2.74. The van der Waals surface area contributed by atoms with E-state index in [1.807, 2.05) is 0 Å². The van der Waals surface area contributed by atoms with Crippen molar-refractivity contribution in [2.45, 2.75) is 147 Å². The van der Waals surface area contributed by atoms with E-state index in [0.717, 1.165) is 0 Å². The van der Waals surface area contributed by atoms with Crippen LogP contribution in [0.25, 0.3) is 0 Å². The molecule has 0 amide bonds. The van der Waals surface area contributed by atoms with Crippen LogP contribution < -0.4 is 0 Å². The minimum atomic E-state index is -7.65. The molecule has 0 aromatic rings. The van der Waals surface area contributed by atoms with Crippen molar-refractivity contribution in [1.82, 2.24) is 0 Å². The Morgan fingerprint density at radius 2 is 0.552 bits per heavy atom. The molecule has 0 saturated carbocycles. The number of alkyl halides is 13. The fourth-order valence-corrected chi connectivity index (χ4v) is 24.4. The van der Waals surface area contributed by atoms with Crippen molar-refractivity contribution in [1.29, 1.82) is 0 Å². The standard InChI is InChI=1S/C32H61F13O9Si4/c1-10-46-56(47-11-2,48-12-3)24-21-55(22-25-57(49-13-4,50-14-5)51-15-6,23-26-58(52-16-7,53-17-8)54-18-9)32(44,45)31(42,43)30(40,41)29(38,39)27(33,34)19-20-28(35,36)37/h10-26H2,1-9H3. The van der Waals surface area contributed by atoms with Gasteiger partial charge in [-0.05, 0) is 80.4 Å². The van der Waals surface area contributed by atoms with Gasteiger partial charge >= 0.3 is 56.3 Å². The minimum Gasteiger partial charge on any atom is -0.374 e. The second kappa shape index (κ2) is 23.9. The summed E-state index contributed by atoms with van der Waals surface area (Å²) in [5, 5.41) is 0. The second-order valence-electron chi connectivity index (χ2n) is 12.8. The van der Waals surface area contributed by atoms with Crippen LogP contribution in [0.1, 0.15) is 75.2 Å². The summed E-state index contributed by atoms with van der Waals surface area (Å²) in [7, 11) is -18.6. The molecule has 0 radical (unpaired) electrons. The van der Waals surface area contributed by atoms with Gasteiger partial charge in [0.1, 0.15) is 8.07 Å². The van der Waals surface area contributed by atoms with E-state index in [1.54, 1.807) is 0 Å². The van der Waals surface area contributed by atoms with Crippen molar-refractivity contribution >= 4 is 34.5 Å². The van der Waals surface area contributed by atoms with Gasteiger partial charge in [0.05, 0.1) is 0 Å². The summed E-state index contributed by atoms with van der Waals surface area (Å²) in [5.41, 5.74) is -6.28. The van der Waals surface area contributed by atoms with Crippen LogP contribution in [0.2, 0.25) is 36.3 Å². The van der Waals surface area contributed by atoms with Gasteiger partial charge in [-0.1, -0.05) is 0 Å². The van der Waals surface area contributed by atoms with Crippen LogP contribution >= 0.6 is 0 Å². The molecular weight excluding hydrogens is 888 g/mol. The van der Waals surface area contributed by atoms with Crippen LogP contribution in [-0.2, 0) is 39.8 Å². The molecule has 0 aliphatic heterocycles. The molecule has 0 fully saturated rings. The van der Waals surface area contributed by atoms with Gasteiger partial charge < -0.3 is 39.8 Å². The monoisotopic (exact) mass is 948 g/mol. The highest BCUT2D eigenvalue weighted by atomic mass is 28.4. The number of hydrogen-bond donors (Lipinski definition) is 0. The van der Waals surface area contributed by atoms with Crippen molar-refractivity contribution in [3.63, 3.8) is 0 Å². The Kier molecular flexibility index (Phi) is 23.7. The molecule has 0 N–H and O–H groups in total. The van der Waals surface area contributed by atoms with E-state index in [9.17, 15) is 22.0 Å². The Morgan fingerprint density at radius 1 is 0.310 bits per heavy atom. The molecule has 0 aromatic carbocycles. The predicted octanol–water partition coefficient (Wildman–Crippen LogP) is 10.6. The lowest BCUT2D eigenvalue weighted by Gasteiger charge is -2.48. The molecule has 0 spiro atoms. The van der Waals surface area contributed by atoms with Crippen LogP contribution in [0.4, 0.5) is 57.1 Å². The molecule has 0 bridgehead atoms. The van der Waals surface area contributed by atoms with Gasteiger partial charge in [-0.2, -0.15) is 48.3 Å². The molecule has 0 aliphatic carbocycles. The van der Waals surface area contributed by atoms with E-state index < -0.39 is 119 Å². The van der Waals surface area contributed by atoms with Gasteiger partial charge in [0.15, 0.2) is 0 Å². The molecule has 0 rings (SSSR count). The molecular formula is C32H61F13O9Si4. The van der Waals surface area contributed by atoms with Gasteiger partial charge in [0.2, 0.25) is 0 Å². The quantitative estimate of drug-likeness (QED) is 0.0463. The van der Waals surface area contributed by atoms with E-state index in [2.05, 4.69) is 0 Å². The minimum absolute atomic E-state index is 0.172. The molecule has 26 heteroatoms. The first kappa shape index (κ1) is 57.6. The summed E-state index contributed by atoms with van der Waals surface area (Å²) < 4.78 is 249. The first-order chi connectivity index (χ1) is 26.6. The molecule has 0 saturated heterocycles. The summed E-state index contributed by atoms with van der Waals surface area (Å²) >= 11 is 0. The highest BCUT2D eigenvalue weighted by Gasteiger charge is 2.88. The molecule has 0 unspecified atom stereocenters. The van der Waals surface area contributed by atoms with Gasteiger partial charge in [-0.3, -0.25) is 0 Å². The molecule has 58 heavy (non-hydrogen) atoms. The molecule has 0 atom stereocenters. The maximum atomic E-state index is 17.5. The third-order valence-corrected chi connectivity index (χ3v) is 24.9. The largest absolute Gasteiger partial charge is 0.500 e. The average molecular weight is 949 g/mol. The van der Waals surface area contributed by atoms with Gasteiger partial charge in [-0.25, -0.2) is 8.78 Å². The van der Waals surface area contributed by atoms with E-state index in [1.165, 1.54) is 62.3 Å². The third-order valence-electron chi connectivity index (χ3n) is 9.04. The normalized spacial score (nSPS) is 14.8. The van der Waals surface area contributed by atoms with E-state index in [-0.39, 0.29) is 59.5 Å². The van der Waals surface area contributed by atoms with Crippen LogP contribution in [-0.4, -0.2) is 129 Å². The van der Waals surface area contributed by atoms with E-state index >= 15 is 35.1 Å². The maximum Gasteiger partial charge on any atom is 0.500 e. The lowest BCUT2D eigenvalue weighted by atomic mass is 9.95. The van der Waals surface area contributed by atoms with Crippen LogP contribution in [0.15, 0.2) is 0 Å². The topological polar surface area (TPSA) is 83.1 Å². The van der Waals surface area contributed by atoms with Crippen LogP contribution in [0, 0.1) is 0 Å². The summed E-state index contributed by atoms with van der Waals surface area (Å²) in [6, 6.07) is -5.91. The Morgan fingerprint density at radius 3 is 0.759 bits per heavy atom. The van der Waals surface area contributed by atoms with E-state index in [0.29, 0.717) is 0 Å². The first-order valence-electron chi connectivity index (χ1n) is 19.3. The average Bonchev–Trinajstić information content (AvgIpc) is 3.11. The first-order valence-corrected chi connectivity index (χ1v) is 27.8. The summed E-state index contributed by atoms with van der Waals surface area (Å²) in [4.78, 5) is 0. The smallest absolute Gasteiger partial charge is 0.374 e. The van der Waals surface area contributed by atoms with Crippen molar-refractivity contribution in [2.75, 3.05) is 59.5 Å². The number of rotatable bonds is 34. The molecule has 0 aromatic heterocycles. The zero-order valence-corrected chi connectivity index (χ0v) is 38.6. The molecule has 0 heterocycles. The number of halogens is 13. The van der Waals surface area contributed by atoms with Crippen molar-refractivity contribution in [3.8, 4) is 0 Å². The second-order valence-corrected chi connectivity index (χ2v) is 25.7. The number of hydrogen-bond acceptors (Lipinski definition) is 9. The Hall–Kier alpha value is -0.402. The summed E-state index contributed by atoms with van der Waals surface area (Å²) in [6.45, 7) is 11.6. The Labute approximate surface area is 337 Å². The van der Waals surface area contributed by atoms with Crippen LogP contribution in [0.3, 0.4) is 0 Å². The van der Waals surface area contributed by atoms with Crippen molar-refractivity contribution in [3.05, 3.63) is 0 Å². The Balaban J connectivity index is 8.42. The van der Waals surface area contributed by atoms with Crippen molar-refractivity contribution < 1.29 is 96.9 Å². The fraction of sp³-hybridized carbons (Fsp3) is 1.00. The SMILES string of the molecule is CCO[Si](CC[Si](CC[Si](OCC)(OCC)OCC)(CC[Si](OCC)(OCC)OCC)C(F)(F)C(F)(F)C(F)(F)C(F)(F)C(F)(F)CCC(F)(F)F)(OCC)OCC. The van der Waals surface area contributed by atoms with Gasteiger partial charge in [0, 0.05) is 90.4 Å². The predicted molar refractivity (Wildman–Crippen MR) is 197 cm³/mol. The van der Waals surface area contributed by atoms with Gasteiger partial charge in [0.25, 0.3) is 5.55 Å². The highest BCUT2D eigenvalue weighted by Crippen LogP contribution is 2.62. The lowest BCUT2D eigenvalue weighted by molar-refractivity contribution is -0.393. The maximum absolute atomic E-state index is 17.5. The van der Waals surface area contributed by atoms with Gasteiger partial charge in [-0.15, -0.1) is 0 Å². The zero-order valence-electron chi connectivity index (χ0n) is 34.6. The summed E-state index contributed by atoms with van der Waals surface area (Å²) in [6.07, 6.45) is -11.5. The summed E-state index contributed by atoms with van der Waals surface area (Å²) in [5.74, 6) is -29.0. The zero-order chi connectivity index (χ0) is 45.4. The highest BCUT2D eigenvalue weighted by molar-refractivity contribution is 6.85. The van der Waals surface area contributed by atoms with Crippen molar-refractivity contribution in [2.24, 2.45) is 0 Å². The third kappa shape index (κ3) is 14.1. The Bertz CT molecular complexity index is 1040. The fourth-order valence-electron chi connectivity index (χ4n) is 6.44. The molecule has 350 valence electrons. The molecule has 9 nitrogen and oxygen atoms in total.